The largest absolute Gasteiger partial charge is 0.494 e. The molecule has 0 atom stereocenters. The fraction of sp³-hybridized carbons (Fsp3) is 0.500. The van der Waals surface area contributed by atoms with Gasteiger partial charge in [-0.05, 0) is 39.1 Å². The lowest BCUT2D eigenvalue weighted by atomic mass is 9.78. The molecule has 2 heterocycles. The Morgan fingerprint density at radius 2 is 2.10 bits per heavy atom. The van der Waals surface area contributed by atoms with Crippen LogP contribution in [0.5, 0.6) is 0 Å². The van der Waals surface area contributed by atoms with Gasteiger partial charge in [0.05, 0.1) is 17.7 Å². The van der Waals surface area contributed by atoms with Crippen LogP contribution in [0.1, 0.15) is 32.6 Å². The van der Waals surface area contributed by atoms with Crippen molar-refractivity contribution in [2.75, 3.05) is 0 Å². The van der Waals surface area contributed by atoms with E-state index in [4.69, 9.17) is 4.65 Å². The molecular formula is C14H21BN2O3S. The Morgan fingerprint density at radius 3 is 2.67 bits per heavy atom. The van der Waals surface area contributed by atoms with E-state index >= 15 is 0 Å². The lowest BCUT2D eigenvalue weighted by Crippen LogP contribution is -2.53. The fourth-order valence-electron chi connectivity index (χ4n) is 1.65. The van der Waals surface area contributed by atoms with Gasteiger partial charge >= 0.3 is 7.12 Å². The van der Waals surface area contributed by atoms with E-state index in [-0.39, 0.29) is 0 Å². The maximum Gasteiger partial charge on any atom is 0.494 e. The van der Waals surface area contributed by atoms with Gasteiger partial charge < -0.3 is 14.8 Å². The monoisotopic (exact) mass is 308 g/mol. The molecule has 0 amide bonds. The normalized spacial score (nSPS) is 12.7. The molecule has 2 aromatic rings. The number of hydrogen-bond donors (Lipinski definition) is 2. The van der Waals surface area contributed by atoms with Crippen molar-refractivity contribution in [1.82, 2.24) is 9.78 Å². The van der Waals surface area contributed by atoms with Crippen LogP contribution in [0.15, 0.2) is 29.9 Å². The van der Waals surface area contributed by atoms with Gasteiger partial charge in [-0.15, -0.1) is 11.3 Å². The van der Waals surface area contributed by atoms with Crippen molar-refractivity contribution in [3.8, 4) is 0 Å². The molecule has 0 bridgehead atoms. The minimum atomic E-state index is -1.12. The predicted octanol–water partition coefficient (Wildman–Crippen LogP) is 1.25. The Bertz CT molecular complexity index is 575. The summed E-state index contributed by atoms with van der Waals surface area (Å²) in [4.78, 5) is 1.19. The van der Waals surface area contributed by atoms with Crippen LogP contribution in [0.4, 0.5) is 0 Å². The predicted molar refractivity (Wildman–Crippen MR) is 84.7 cm³/mol. The summed E-state index contributed by atoms with van der Waals surface area (Å²) in [7, 11) is -1.12. The van der Waals surface area contributed by atoms with Gasteiger partial charge in [0.15, 0.2) is 0 Å². The Kier molecular flexibility index (Phi) is 4.58. The molecular weight excluding hydrogens is 287 g/mol. The summed E-state index contributed by atoms with van der Waals surface area (Å²) in [6, 6.07) is 4.03. The zero-order valence-electron chi connectivity index (χ0n) is 12.8. The first kappa shape index (κ1) is 16.2. The highest BCUT2D eigenvalue weighted by atomic mass is 32.1. The molecule has 0 aromatic carbocycles. The van der Waals surface area contributed by atoms with E-state index in [1.807, 2.05) is 17.5 Å². The highest BCUT2D eigenvalue weighted by Crippen LogP contribution is 2.25. The Labute approximate surface area is 129 Å². The molecule has 0 fully saturated rings. The summed E-state index contributed by atoms with van der Waals surface area (Å²) >= 11 is 1.66. The highest BCUT2D eigenvalue weighted by Gasteiger charge is 2.39. The standard InChI is InChI=1S/C14H21BN2O3S/c1-13(2,18)14(3,4)20-15(19)11-8-16-17(9-11)10-12-6-5-7-21-12/h5-9,18-19H,10H2,1-4H3. The van der Waals surface area contributed by atoms with Gasteiger partial charge in [0.25, 0.3) is 0 Å². The van der Waals surface area contributed by atoms with Crippen LogP contribution in [0, 0.1) is 0 Å². The molecule has 0 spiro atoms. The molecule has 2 N–H and O–H groups in total. The second-order valence-electron chi connectivity index (χ2n) is 6.09. The second kappa shape index (κ2) is 5.92. The van der Waals surface area contributed by atoms with Crippen molar-refractivity contribution in [1.29, 1.82) is 0 Å². The van der Waals surface area contributed by atoms with Crippen molar-refractivity contribution in [3.05, 3.63) is 34.8 Å². The van der Waals surface area contributed by atoms with Gasteiger partial charge in [0, 0.05) is 22.7 Å². The minimum Gasteiger partial charge on any atom is -0.423 e. The quantitative estimate of drug-likeness (QED) is 0.788. The molecule has 0 unspecified atom stereocenters. The first-order chi connectivity index (χ1) is 9.69. The zero-order valence-corrected chi connectivity index (χ0v) is 13.6. The molecule has 0 aliphatic heterocycles. The van der Waals surface area contributed by atoms with Crippen LogP contribution in [-0.4, -0.2) is 38.2 Å². The third-order valence-electron chi connectivity index (χ3n) is 3.72. The van der Waals surface area contributed by atoms with Crippen LogP contribution in [0.25, 0.3) is 0 Å². The number of aromatic nitrogens is 2. The average Bonchev–Trinajstić information content (AvgIpc) is 2.98. The molecule has 0 aliphatic rings. The Morgan fingerprint density at radius 1 is 1.38 bits per heavy atom. The number of hydrogen-bond acceptors (Lipinski definition) is 5. The van der Waals surface area contributed by atoms with Crippen LogP contribution in [0.2, 0.25) is 0 Å². The lowest BCUT2D eigenvalue weighted by molar-refractivity contribution is -0.0982. The van der Waals surface area contributed by atoms with Crippen molar-refractivity contribution in [2.24, 2.45) is 0 Å². The molecule has 114 valence electrons. The summed E-state index contributed by atoms with van der Waals surface area (Å²) in [5.74, 6) is 0. The van der Waals surface area contributed by atoms with Crippen molar-refractivity contribution < 1.29 is 14.8 Å². The van der Waals surface area contributed by atoms with Gasteiger partial charge in [0.1, 0.15) is 0 Å². The smallest absolute Gasteiger partial charge is 0.423 e. The molecule has 0 radical (unpaired) electrons. The zero-order chi connectivity index (χ0) is 15.7. The SMILES string of the molecule is CC(C)(O)C(C)(C)OB(O)c1cnn(Cc2cccs2)c1. The summed E-state index contributed by atoms with van der Waals surface area (Å²) in [6.45, 7) is 7.46. The van der Waals surface area contributed by atoms with E-state index in [9.17, 15) is 10.1 Å². The molecule has 21 heavy (non-hydrogen) atoms. The van der Waals surface area contributed by atoms with Gasteiger partial charge in [-0.3, -0.25) is 4.68 Å². The molecule has 5 nitrogen and oxygen atoms in total. The molecule has 2 rings (SSSR count). The third kappa shape index (κ3) is 3.94. The Balaban J connectivity index is 2.04. The minimum absolute atomic E-state index is 0.573. The van der Waals surface area contributed by atoms with E-state index in [1.54, 1.807) is 56.1 Å². The summed E-state index contributed by atoms with van der Waals surface area (Å²) in [5, 5.41) is 26.5. The van der Waals surface area contributed by atoms with E-state index < -0.39 is 18.3 Å². The van der Waals surface area contributed by atoms with Crippen molar-refractivity contribution in [3.63, 3.8) is 0 Å². The molecule has 0 saturated heterocycles. The first-order valence-electron chi connectivity index (χ1n) is 6.82. The summed E-state index contributed by atoms with van der Waals surface area (Å²) < 4.78 is 7.35. The highest BCUT2D eigenvalue weighted by molar-refractivity contribution is 7.09. The maximum absolute atomic E-state index is 10.2. The van der Waals surface area contributed by atoms with Crippen LogP contribution in [-0.2, 0) is 11.2 Å². The summed E-state index contributed by atoms with van der Waals surface area (Å²) in [6.07, 6.45) is 3.34. The lowest BCUT2D eigenvalue weighted by Gasteiger charge is -2.38. The number of nitrogens with zero attached hydrogens (tertiary/aromatic N) is 2. The van der Waals surface area contributed by atoms with Crippen molar-refractivity contribution in [2.45, 2.75) is 45.4 Å². The average molecular weight is 308 g/mol. The third-order valence-corrected chi connectivity index (χ3v) is 4.58. The summed E-state index contributed by atoms with van der Waals surface area (Å²) in [5.41, 5.74) is -1.38. The fourth-order valence-corrected chi connectivity index (χ4v) is 2.34. The Hall–Kier alpha value is -1.15. The van der Waals surface area contributed by atoms with Crippen molar-refractivity contribution >= 4 is 23.9 Å². The van der Waals surface area contributed by atoms with E-state index in [1.165, 1.54) is 4.88 Å². The van der Waals surface area contributed by atoms with Gasteiger partial charge in [0.2, 0.25) is 0 Å². The number of rotatable bonds is 6. The van der Waals surface area contributed by atoms with E-state index in [2.05, 4.69) is 5.10 Å². The second-order valence-corrected chi connectivity index (χ2v) is 7.12. The van der Waals surface area contributed by atoms with E-state index in [0.717, 1.165) is 0 Å². The number of aliphatic hydroxyl groups is 1. The maximum atomic E-state index is 10.2. The number of thiophene rings is 1. The molecule has 0 aliphatic carbocycles. The van der Waals surface area contributed by atoms with Crippen LogP contribution in [0.3, 0.4) is 0 Å². The van der Waals surface area contributed by atoms with Crippen LogP contribution < -0.4 is 5.46 Å². The van der Waals surface area contributed by atoms with Gasteiger partial charge in [-0.1, -0.05) is 6.07 Å². The molecule has 7 heteroatoms. The van der Waals surface area contributed by atoms with Gasteiger partial charge in [-0.25, -0.2) is 0 Å². The first-order valence-corrected chi connectivity index (χ1v) is 7.70. The topological polar surface area (TPSA) is 67.5 Å². The molecule has 2 aromatic heterocycles. The molecule has 0 saturated carbocycles. The van der Waals surface area contributed by atoms with Crippen LogP contribution >= 0.6 is 11.3 Å². The van der Waals surface area contributed by atoms with E-state index in [0.29, 0.717) is 12.0 Å². The van der Waals surface area contributed by atoms with Gasteiger partial charge in [-0.2, -0.15) is 5.10 Å².